The number of aliphatic hydroxyl groups excluding tert-OH is 1. The summed E-state index contributed by atoms with van der Waals surface area (Å²) in [5.41, 5.74) is 1.17. The molecule has 0 aromatic heterocycles. The van der Waals surface area contributed by atoms with Crippen molar-refractivity contribution < 1.29 is 9.84 Å². The third-order valence-electron chi connectivity index (χ3n) is 2.77. The summed E-state index contributed by atoms with van der Waals surface area (Å²) in [5.74, 6) is 0.942. The van der Waals surface area contributed by atoms with Crippen LogP contribution in [0.25, 0.3) is 0 Å². The van der Waals surface area contributed by atoms with Crippen LogP contribution < -0.4 is 10.1 Å². The second kappa shape index (κ2) is 5.17. The summed E-state index contributed by atoms with van der Waals surface area (Å²) in [6, 6.07) is 6.42. The third kappa shape index (κ3) is 2.56. The molecule has 4 heteroatoms. The van der Waals surface area contributed by atoms with Crippen molar-refractivity contribution in [3.05, 3.63) is 28.2 Å². The lowest BCUT2D eigenvalue weighted by Gasteiger charge is -2.29. The van der Waals surface area contributed by atoms with E-state index in [9.17, 15) is 0 Å². The first-order chi connectivity index (χ1) is 7.70. The van der Waals surface area contributed by atoms with Crippen LogP contribution in [0.3, 0.4) is 0 Å². The molecule has 0 amide bonds. The Morgan fingerprint density at radius 1 is 1.62 bits per heavy atom. The molecule has 0 bridgehead atoms. The van der Waals surface area contributed by atoms with Gasteiger partial charge in [-0.3, -0.25) is 0 Å². The average molecular weight is 286 g/mol. The van der Waals surface area contributed by atoms with Crippen molar-refractivity contribution in [3.8, 4) is 5.75 Å². The highest BCUT2D eigenvalue weighted by molar-refractivity contribution is 9.10. The Labute approximate surface area is 104 Å². The first-order valence-corrected chi connectivity index (χ1v) is 6.29. The van der Waals surface area contributed by atoms with Gasteiger partial charge in [-0.05, 0) is 25.1 Å². The van der Waals surface area contributed by atoms with Crippen LogP contribution in [0, 0.1) is 0 Å². The number of rotatable bonds is 3. The van der Waals surface area contributed by atoms with E-state index < -0.39 is 0 Å². The van der Waals surface area contributed by atoms with Crippen molar-refractivity contribution in [3.63, 3.8) is 0 Å². The smallest absolute Gasteiger partial charge is 0.124 e. The lowest BCUT2D eigenvalue weighted by Crippen LogP contribution is -2.35. The van der Waals surface area contributed by atoms with Gasteiger partial charge < -0.3 is 15.2 Å². The first kappa shape index (κ1) is 11.9. The van der Waals surface area contributed by atoms with Gasteiger partial charge in [-0.25, -0.2) is 0 Å². The molecule has 2 unspecified atom stereocenters. The van der Waals surface area contributed by atoms with E-state index in [2.05, 4.69) is 27.3 Å². The second-order valence-corrected chi connectivity index (χ2v) is 5.04. The first-order valence-electron chi connectivity index (χ1n) is 5.50. The molecular formula is C12H16BrNO2. The topological polar surface area (TPSA) is 41.5 Å². The molecule has 1 aliphatic heterocycles. The Balaban J connectivity index is 2.21. The maximum Gasteiger partial charge on any atom is 0.124 e. The van der Waals surface area contributed by atoms with Crippen LogP contribution in [0.2, 0.25) is 0 Å². The summed E-state index contributed by atoms with van der Waals surface area (Å²) in [6.07, 6.45) is 0.938. The van der Waals surface area contributed by atoms with Gasteiger partial charge in [0.25, 0.3) is 0 Å². The molecule has 88 valence electrons. The molecule has 1 aromatic rings. The Hall–Kier alpha value is -0.580. The molecule has 1 aromatic carbocycles. The van der Waals surface area contributed by atoms with E-state index in [0.29, 0.717) is 0 Å². The van der Waals surface area contributed by atoms with Gasteiger partial charge in [0, 0.05) is 28.5 Å². The molecule has 16 heavy (non-hydrogen) atoms. The molecule has 0 spiro atoms. The van der Waals surface area contributed by atoms with Crippen LogP contribution in [-0.4, -0.2) is 24.4 Å². The quantitative estimate of drug-likeness (QED) is 0.895. The lowest BCUT2D eigenvalue weighted by atomic mass is 10.00. The monoisotopic (exact) mass is 285 g/mol. The summed E-state index contributed by atoms with van der Waals surface area (Å²) in [7, 11) is 0. The van der Waals surface area contributed by atoms with Gasteiger partial charge >= 0.3 is 0 Å². The van der Waals surface area contributed by atoms with Gasteiger partial charge in [0.1, 0.15) is 5.75 Å². The summed E-state index contributed by atoms with van der Waals surface area (Å²) in [5, 5.41) is 12.5. The zero-order valence-electron chi connectivity index (χ0n) is 9.24. The summed E-state index contributed by atoms with van der Waals surface area (Å²) < 4.78 is 6.66. The van der Waals surface area contributed by atoms with Gasteiger partial charge in [-0.1, -0.05) is 15.9 Å². The fourth-order valence-corrected chi connectivity index (χ4v) is 2.31. The molecule has 1 heterocycles. The Bertz CT molecular complexity index is 370. The summed E-state index contributed by atoms with van der Waals surface area (Å²) >= 11 is 3.47. The van der Waals surface area contributed by atoms with E-state index in [1.165, 1.54) is 5.56 Å². The number of aliphatic hydroxyl groups is 1. The Morgan fingerprint density at radius 3 is 3.19 bits per heavy atom. The third-order valence-corrected chi connectivity index (χ3v) is 3.26. The van der Waals surface area contributed by atoms with Crippen LogP contribution in [0.5, 0.6) is 5.75 Å². The molecule has 0 aliphatic carbocycles. The lowest BCUT2D eigenvalue weighted by molar-refractivity contribution is 0.210. The highest BCUT2D eigenvalue weighted by Crippen LogP contribution is 2.34. The van der Waals surface area contributed by atoms with Crippen LogP contribution in [0.15, 0.2) is 22.7 Å². The maximum atomic E-state index is 9.06. The zero-order chi connectivity index (χ0) is 11.5. The zero-order valence-corrected chi connectivity index (χ0v) is 10.8. The maximum absolute atomic E-state index is 9.06. The van der Waals surface area contributed by atoms with Crippen molar-refractivity contribution in [2.24, 2.45) is 0 Å². The van der Waals surface area contributed by atoms with Crippen molar-refractivity contribution in [2.45, 2.75) is 25.4 Å². The standard InChI is InChI=1S/C12H16BrNO2/c1-8(7-15)14-11-4-5-16-12-3-2-9(13)6-10(11)12/h2-3,6,8,11,14-15H,4-5,7H2,1H3. The van der Waals surface area contributed by atoms with Gasteiger partial charge in [0.2, 0.25) is 0 Å². The van der Waals surface area contributed by atoms with Crippen molar-refractivity contribution >= 4 is 15.9 Å². The number of hydrogen-bond donors (Lipinski definition) is 2. The highest BCUT2D eigenvalue weighted by atomic mass is 79.9. The van der Waals surface area contributed by atoms with E-state index in [0.717, 1.165) is 23.2 Å². The molecule has 2 N–H and O–H groups in total. The number of halogens is 1. The second-order valence-electron chi connectivity index (χ2n) is 4.12. The predicted octanol–water partition coefficient (Wildman–Crippen LogP) is 2.24. The molecule has 0 saturated heterocycles. The molecule has 2 atom stereocenters. The molecule has 0 fully saturated rings. The van der Waals surface area contributed by atoms with Crippen LogP contribution in [0.1, 0.15) is 24.9 Å². The van der Waals surface area contributed by atoms with E-state index in [-0.39, 0.29) is 18.7 Å². The fraction of sp³-hybridized carbons (Fsp3) is 0.500. The fourth-order valence-electron chi connectivity index (χ4n) is 1.93. The number of ether oxygens (including phenoxy) is 1. The normalized spacial score (nSPS) is 21.1. The number of nitrogens with one attached hydrogen (secondary N) is 1. The van der Waals surface area contributed by atoms with Crippen molar-refractivity contribution in [1.82, 2.24) is 5.32 Å². The van der Waals surface area contributed by atoms with Crippen LogP contribution >= 0.6 is 15.9 Å². The molecule has 0 radical (unpaired) electrons. The van der Waals surface area contributed by atoms with Crippen LogP contribution in [0.4, 0.5) is 0 Å². The molecule has 1 aliphatic rings. The largest absolute Gasteiger partial charge is 0.493 e. The summed E-state index contributed by atoms with van der Waals surface area (Å²) in [6.45, 7) is 2.86. The van der Waals surface area contributed by atoms with Gasteiger partial charge in [-0.15, -0.1) is 0 Å². The van der Waals surface area contributed by atoms with Gasteiger partial charge in [0.05, 0.1) is 13.2 Å². The Morgan fingerprint density at radius 2 is 2.44 bits per heavy atom. The highest BCUT2D eigenvalue weighted by Gasteiger charge is 2.22. The van der Waals surface area contributed by atoms with Gasteiger partial charge in [0.15, 0.2) is 0 Å². The number of hydrogen-bond acceptors (Lipinski definition) is 3. The van der Waals surface area contributed by atoms with Crippen LogP contribution in [-0.2, 0) is 0 Å². The average Bonchev–Trinajstić information content (AvgIpc) is 2.29. The predicted molar refractivity (Wildman–Crippen MR) is 66.7 cm³/mol. The molecule has 0 saturated carbocycles. The summed E-state index contributed by atoms with van der Waals surface area (Å²) in [4.78, 5) is 0. The number of benzene rings is 1. The number of fused-ring (bicyclic) bond motifs is 1. The molecular weight excluding hydrogens is 270 g/mol. The van der Waals surface area contributed by atoms with E-state index in [4.69, 9.17) is 9.84 Å². The molecule has 2 rings (SSSR count). The van der Waals surface area contributed by atoms with Crippen molar-refractivity contribution in [1.29, 1.82) is 0 Å². The van der Waals surface area contributed by atoms with Crippen molar-refractivity contribution in [2.75, 3.05) is 13.2 Å². The van der Waals surface area contributed by atoms with E-state index >= 15 is 0 Å². The minimum Gasteiger partial charge on any atom is -0.493 e. The minimum absolute atomic E-state index is 0.106. The SMILES string of the molecule is CC(CO)NC1CCOc2ccc(Br)cc21. The Kier molecular flexibility index (Phi) is 3.84. The molecule has 3 nitrogen and oxygen atoms in total. The minimum atomic E-state index is 0.106. The van der Waals surface area contributed by atoms with E-state index in [1.54, 1.807) is 0 Å². The van der Waals surface area contributed by atoms with Gasteiger partial charge in [-0.2, -0.15) is 0 Å². The van der Waals surface area contributed by atoms with E-state index in [1.807, 2.05) is 19.1 Å².